The third-order valence-electron chi connectivity index (χ3n) is 5.05. The number of halogens is 1. The predicted molar refractivity (Wildman–Crippen MR) is 131 cm³/mol. The van der Waals surface area contributed by atoms with Crippen molar-refractivity contribution in [3.8, 4) is 0 Å². The second-order valence-electron chi connectivity index (χ2n) is 7.45. The summed E-state index contributed by atoms with van der Waals surface area (Å²) in [7, 11) is 0. The normalized spacial score (nSPS) is 12.5. The van der Waals surface area contributed by atoms with Crippen molar-refractivity contribution in [1.82, 2.24) is 14.8 Å². The Morgan fingerprint density at radius 1 is 1.38 bits per heavy atom. The molecule has 8 heteroatoms. The van der Waals surface area contributed by atoms with E-state index >= 15 is 0 Å². The third kappa shape index (κ3) is 6.18. The molecule has 1 aliphatic carbocycles. The molecule has 0 unspecified atom stereocenters. The quantitative estimate of drug-likeness (QED) is 0.306. The number of hydrogen-bond donors (Lipinski definition) is 3. The van der Waals surface area contributed by atoms with Gasteiger partial charge in [-0.15, -0.1) is 6.58 Å². The van der Waals surface area contributed by atoms with Crippen LogP contribution in [0.1, 0.15) is 36.9 Å². The maximum atomic E-state index is 8.50. The summed E-state index contributed by atoms with van der Waals surface area (Å²) in [6, 6.07) is 7.98. The molecule has 7 nitrogen and oxygen atoms in total. The molecule has 3 aromatic rings. The zero-order valence-corrected chi connectivity index (χ0v) is 19.0. The number of aromatic nitrogens is 3. The first-order valence-corrected chi connectivity index (χ1v) is 11.0. The number of hydrogen-bond acceptors (Lipinski definition) is 6. The van der Waals surface area contributed by atoms with Gasteiger partial charge in [0.25, 0.3) is 0 Å². The number of nitrogens with zero attached hydrogens (tertiary/aromatic N) is 4. The molecule has 2 aromatic heterocycles. The summed E-state index contributed by atoms with van der Waals surface area (Å²) in [6.07, 6.45) is 12.7. The molecule has 1 aliphatic rings. The van der Waals surface area contributed by atoms with Gasteiger partial charge in [0, 0.05) is 49.1 Å². The molecule has 3 N–H and O–H groups in total. The molecule has 0 spiro atoms. The molecule has 168 valence electrons. The SMILES string of the molecule is C=CCN(CC)c1cc(Nc2cnn(C3CC3)c2)c(C=N)cc1Cl.OCc1cccnc1. The number of anilines is 3. The Morgan fingerprint density at radius 2 is 2.19 bits per heavy atom. The average Bonchev–Trinajstić information content (AvgIpc) is 3.58. The van der Waals surface area contributed by atoms with Gasteiger partial charge in [0.2, 0.25) is 0 Å². The van der Waals surface area contributed by atoms with Crippen LogP contribution in [0.25, 0.3) is 0 Å². The van der Waals surface area contributed by atoms with Crippen LogP contribution < -0.4 is 10.2 Å². The van der Waals surface area contributed by atoms with Crippen LogP contribution in [-0.2, 0) is 6.61 Å². The van der Waals surface area contributed by atoms with E-state index in [0.29, 0.717) is 11.1 Å². The van der Waals surface area contributed by atoms with E-state index in [4.69, 9.17) is 22.1 Å². The lowest BCUT2D eigenvalue weighted by Crippen LogP contribution is -2.23. The lowest BCUT2D eigenvalue weighted by atomic mass is 10.1. The molecule has 1 saturated carbocycles. The monoisotopic (exact) mass is 452 g/mol. The molecule has 0 atom stereocenters. The van der Waals surface area contributed by atoms with Crippen LogP contribution in [0, 0.1) is 5.41 Å². The van der Waals surface area contributed by atoms with Gasteiger partial charge in [0.15, 0.2) is 0 Å². The number of likely N-dealkylation sites (N-methyl/N-ethyl adjacent to an activating group) is 1. The minimum Gasteiger partial charge on any atom is -0.392 e. The van der Waals surface area contributed by atoms with Crippen molar-refractivity contribution in [3.05, 3.63) is 77.9 Å². The highest BCUT2D eigenvalue weighted by Crippen LogP contribution is 2.36. The van der Waals surface area contributed by atoms with Gasteiger partial charge in [-0.25, -0.2) is 0 Å². The summed E-state index contributed by atoms with van der Waals surface area (Å²) in [5, 5.41) is 24.6. The van der Waals surface area contributed by atoms with Gasteiger partial charge in [-0.2, -0.15) is 5.10 Å². The van der Waals surface area contributed by atoms with E-state index in [9.17, 15) is 0 Å². The second-order valence-corrected chi connectivity index (χ2v) is 7.85. The Balaban J connectivity index is 0.000000305. The number of aliphatic hydroxyl groups is 1. The lowest BCUT2D eigenvalue weighted by Gasteiger charge is -2.24. The fraction of sp³-hybridized carbons (Fsp3) is 0.292. The van der Waals surface area contributed by atoms with Crippen LogP contribution in [0.5, 0.6) is 0 Å². The topological polar surface area (TPSA) is 90.1 Å². The Hall–Kier alpha value is -3.16. The summed E-state index contributed by atoms with van der Waals surface area (Å²) in [4.78, 5) is 5.94. The summed E-state index contributed by atoms with van der Waals surface area (Å²) in [5.74, 6) is 0. The van der Waals surface area contributed by atoms with Crippen molar-refractivity contribution in [2.75, 3.05) is 23.3 Å². The van der Waals surface area contributed by atoms with Gasteiger partial charge in [-0.05, 0) is 43.5 Å². The molecule has 1 fully saturated rings. The Labute approximate surface area is 193 Å². The number of benzene rings is 1. The highest BCUT2D eigenvalue weighted by Gasteiger charge is 2.24. The molecule has 0 aliphatic heterocycles. The smallest absolute Gasteiger partial charge is 0.0770 e. The van der Waals surface area contributed by atoms with Crippen molar-refractivity contribution in [3.63, 3.8) is 0 Å². The maximum absolute atomic E-state index is 8.50. The molecule has 2 heterocycles. The summed E-state index contributed by atoms with van der Waals surface area (Å²) in [5.41, 5.74) is 4.30. The zero-order chi connectivity index (χ0) is 22.9. The highest BCUT2D eigenvalue weighted by molar-refractivity contribution is 6.33. The minimum absolute atomic E-state index is 0.0772. The van der Waals surface area contributed by atoms with E-state index in [-0.39, 0.29) is 6.61 Å². The van der Waals surface area contributed by atoms with Crippen molar-refractivity contribution in [1.29, 1.82) is 5.41 Å². The molecule has 1 aromatic carbocycles. The molecule has 32 heavy (non-hydrogen) atoms. The van der Waals surface area contributed by atoms with E-state index < -0.39 is 0 Å². The predicted octanol–water partition coefficient (Wildman–Crippen LogP) is 5.20. The number of aliphatic hydroxyl groups excluding tert-OH is 1. The fourth-order valence-electron chi connectivity index (χ4n) is 3.19. The van der Waals surface area contributed by atoms with E-state index in [2.05, 4.69) is 33.8 Å². The van der Waals surface area contributed by atoms with Gasteiger partial charge in [-0.1, -0.05) is 23.7 Å². The van der Waals surface area contributed by atoms with E-state index in [1.807, 2.05) is 41.4 Å². The van der Waals surface area contributed by atoms with Gasteiger partial charge in [-0.3, -0.25) is 9.67 Å². The minimum atomic E-state index is 0.0772. The number of pyridine rings is 1. The van der Waals surface area contributed by atoms with Crippen molar-refractivity contribution in [2.24, 2.45) is 0 Å². The molecular formula is C24H29ClN6O. The van der Waals surface area contributed by atoms with Gasteiger partial charge >= 0.3 is 0 Å². The van der Waals surface area contributed by atoms with Crippen LogP contribution in [0.15, 0.2) is 61.7 Å². The first kappa shape index (κ1) is 23.5. The van der Waals surface area contributed by atoms with E-state index in [0.717, 1.165) is 41.3 Å². The standard InChI is InChI=1S/C18H22ClN5.C6H7NO/c1-3-7-23(4-2)18-9-17(13(10-20)8-16(18)19)22-14-11-21-24(12-14)15-5-6-15;8-5-6-2-1-3-7-4-6/h3,8-12,15,20,22H,1,4-7H2,2H3;1-4,8H,5H2. The molecular weight excluding hydrogens is 424 g/mol. The molecule has 0 bridgehead atoms. The van der Waals surface area contributed by atoms with Crippen molar-refractivity contribution < 1.29 is 5.11 Å². The lowest BCUT2D eigenvalue weighted by molar-refractivity contribution is 0.281. The summed E-state index contributed by atoms with van der Waals surface area (Å²) < 4.78 is 2.00. The Bertz CT molecular complexity index is 1030. The van der Waals surface area contributed by atoms with E-state index in [1.54, 1.807) is 18.5 Å². The fourth-order valence-corrected chi connectivity index (χ4v) is 3.48. The molecule has 0 radical (unpaired) electrons. The maximum Gasteiger partial charge on any atom is 0.0770 e. The first-order valence-electron chi connectivity index (χ1n) is 10.6. The average molecular weight is 453 g/mol. The number of nitrogens with one attached hydrogen (secondary N) is 2. The Morgan fingerprint density at radius 3 is 2.75 bits per heavy atom. The van der Waals surface area contributed by atoms with Crippen LogP contribution in [0.4, 0.5) is 17.1 Å². The van der Waals surface area contributed by atoms with Gasteiger partial charge < -0.3 is 20.7 Å². The van der Waals surface area contributed by atoms with E-state index in [1.165, 1.54) is 19.1 Å². The molecule has 0 saturated heterocycles. The molecule has 0 amide bonds. The summed E-state index contributed by atoms with van der Waals surface area (Å²) in [6.45, 7) is 7.51. The summed E-state index contributed by atoms with van der Waals surface area (Å²) >= 11 is 6.42. The van der Waals surface area contributed by atoms with Crippen LogP contribution in [0.3, 0.4) is 0 Å². The van der Waals surface area contributed by atoms with Gasteiger partial charge in [0.05, 0.1) is 35.2 Å². The molecule has 4 rings (SSSR count). The van der Waals surface area contributed by atoms with Crippen LogP contribution in [-0.4, -0.2) is 39.2 Å². The largest absolute Gasteiger partial charge is 0.392 e. The zero-order valence-electron chi connectivity index (χ0n) is 18.2. The third-order valence-corrected chi connectivity index (χ3v) is 5.36. The van der Waals surface area contributed by atoms with Crippen molar-refractivity contribution in [2.45, 2.75) is 32.4 Å². The van der Waals surface area contributed by atoms with Crippen molar-refractivity contribution >= 4 is 34.9 Å². The Kier molecular flexibility index (Phi) is 8.41. The second kappa shape index (κ2) is 11.5. The number of rotatable bonds is 9. The highest BCUT2D eigenvalue weighted by atomic mass is 35.5. The first-order chi connectivity index (χ1) is 15.6. The van der Waals surface area contributed by atoms with Crippen LogP contribution in [0.2, 0.25) is 5.02 Å². The van der Waals surface area contributed by atoms with Gasteiger partial charge in [0.1, 0.15) is 0 Å². The van der Waals surface area contributed by atoms with Crippen LogP contribution >= 0.6 is 11.6 Å².